The third-order valence-electron chi connectivity index (χ3n) is 6.81. The monoisotopic (exact) mass is 484 g/mol. The van der Waals surface area contributed by atoms with Gasteiger partial charge in [-0.2, -0.15) is 5.10 Å². The Kier molecular flexibility index (Phi) is 5.85. The lowest BCUT2D eigenvalue weighted by molar-refractivity contribution is -0.134. The second-order valence-electron chi connectivity index (χ2n) is 8.99. The predicted octanol–water partition coefficient (Wildman–Crippen LogP) is 4.51. The van der Waals surface area contributed by atoms with Gasteiger partial charge in [0.05, 0.1) is 29.4 Å². The highest BCUT2D eigenvalue weighted by Crippen LogP contribution is 2.43. The summed E-state index contributed by atoms with van der Waals surface area (Å²) in [4.78, 5) is 27.1. The van der Waals surface area contributed by atoms with Crippen molar-refractivity contribution in [2.75, 3.05) is 6.54 Å². The molecule has 34 heavy (non-hydrogen) atoms. The van der Waals surface area contributed by atoms with Crippen LogP contribution in [0.15, 0.2) is 42.5 Å². The van der Waals surface area contributed by atoms with Crippen molar-refractivity contribution >= 4 is 23.4 Å². The fraction of sp³-hybridized carbons (Fsp3) is 0.320. The Morgan fingerprint density at radius 2 is 1.82 bits per heavy atom. The van der Waals surface area contributed by atoms with Crippen LogP contribution in [-0.4, -0.2) is 33.0 Å². The third-order valence-corrected chi connectivity index (χ3v) is 7.10. The molecule has 2 N–H and O–H groups in total. The summed E-state index contributed by atoms with van der Waals surface area (Å²) in [7, 11) is 0. The molecule has 3 aromatic rings. The lowest BCUT2D eigenvalue weighted by atomic mass is 9.70. The molecule has 1 aliphatic carbocycles. The third kappa shape index (κ3) is 4.18. The number of primary amides is 1. The maximum atomic E-state index is 13.6. The van der Waals surface area contributed by atoms with E-state index in [4.69, 9.17) is 17.3 Å². The quantitative estimate of drug-likeness (QED) is 0.578. The number of nitrogens with two attached hydrogens (primary N) is 1. The standard InChI is InChI=1S/C25H23ClF2N4O2/c26-19-12-16(3-6-20(19)28)24-23(25(29)34)21-13-31(7-8-32(21)30-24)22(33)11-14-9-17(10-14)15-1-4-18(27)5-2-15/h1-6,12,14,17H,7-11,13H2,(H2,29,34). The molecule has 1 saturated carbocycles. The molecular formula is C25H23ClF2N4O2. The minimum absolute atomic E-state index is 0.0248. The molecule has 2 amide bonds. The molecule has 1 aromatic heterocycles. The van der Waals surface area contributed by atoms with E-state index in [1.165, 1.54) is 30.3 Å². The highest BCUT2D eigenvalue weighted by atomic mass is 35.5. The molecule has 1 fully saturated rings. The number of nitrogens with zero attached hydrogens (tertiary/aromatic N) is 3. The van der Waals surface area contributed by atoms with E-state index >= 15 is 0 Å². The first-order chi connectivity index (χ1) is 16.3. The highest BCUT2D eigenvalue weighted by molar-refractivity contribution is 6.31. The topological polar surface area (TPSA) is 81.2 Å². The molecule has 5 rings (SSSR count). The Hall–Kier alpha value is -3.26. The highest BCUT2D eigenvalue weighted by Gasteiger charge is 2.35. The summed E-state index contributed by atoms with van der Waals surface area (Å²) in [6.45, 7) is 1.13. The molecule has 0 spiro atoms. The predicted molar refractivity (Wildman–Crippen MR) is 123 cm³/mol. The summed E-state index contributed by atoms with van der Waals surface area (Å²) < 4.78 is 28.4. The number of amides is 2. The Balaban J connectivity index is 1.28. The van der Waals surface area contributed by atoms with Crippen LogP contribution < -0.4 is 5.73 Å². The normalized spacial score (nSPS) is 19.4. The van der Waals surface area contributed by atoms with Crippen LogP contribution in [0.3, 0.4) is 0 Å². The number of hydrogen-bond acceptors (Lipinski definition) is 3. The van der Waals surface area contributed by atoms with Gasteiger partial charge in [-0.25, -0.2) is 8.78 Å². The average molecular weight is 485 g/mol. The zero-order valence-corrected chi connectivity index (χ0v) is 19.1. The molecular weight excluding hydrogens is 462 g/mol. The summed E-state index contributed by atoms with van der Waals surface area (Å²) in [5, 5.41) is 4.44. The zero-order chi connectivity index (χ0) is 24.0. The van der Waals surface area contributed by atoms with Crippen LogP contribution in [-0.2, 0) is 17.9 Å². The van der Waals surface area contributed by atoms with Crippen LogP contribution in [0.5, 0.6) is 0 Å². The molecule has 2 aromatic carbocycles. The number of carbonyl (C=O) groups is 2. The van der Waals surface area contributed by atoms with E-state index in [1.54, 1.807) is 21.7 Å². The van der Waals surface area contributed by atoms with Gasteiger partial charge in [-0.1, -0.05) is 23.7 Å². The first-order valence-electron chi connectivity index (χ1n) is 11.2. The van der Waals surface area contributed by atoms with Crippen molar-refractivity contribution in [2.24, 2.45) is 11.7 Å². The fourth-order valence-corrected chi connectivity index (χ4v) is 5.10. The van der Waals surface area contributed by atoms with Crippen LogP contribution in [0.2, 0.25) is 5.02 Å². The summed E-state index contributed by atoms with van der Waals surface area (Å²) >= 11 is 5.92. The number of aromatic nitrogens is 2. The van der Waals surface area contributed by atoms with Gasteiger partial charge in [-0.15, -0.1) is 0 Å². The largest absolute Gasteiger partial charge is 0.365 e. The first kappa shape index (κ1) is 22.5. The molecule has 0 atom stereocenters. The van der Waals surface area contributed by atoms with E-state index in [0.29, 0.717) is 42.4 Å². The van der Waals surface area contributed by atoms with Gasteiger partial charge in [0.25, 0.3) is 5.91 Å². The van der Waals surface area contributed by atoms with Crippen molar-refractivity contribution in [2.45, 2.75) is 38.3 Å². The van der Waals surface area contributed by atoms with E-state index in [0.717, 1.165) is 18.4 Å². The van der Waals surface area contributed by atoms with E-state index < -0.39 is 11.7 Å². The van der Waals surface area contributed by atoms with Crippen LogP contribution in [0.1, 0.15) is 46.8 Å². The van der Waals surface area contributed by atoms with Gasteiger partial charge >= 0.3 is 0 Å². The van der Waals surface area contributed by atoms with Gasteiger partial charge in [0.1, 0.15) is 17.3 Å². The molecule has 2 heterocycles. The van der Waals surface area contributed by atoms with Crippen molar-refractivity contribution in [3.8, 4) is 11.3 Å². The maximum Gasteiger partial charge on any atom is 0.252 e. The van der Waals surface area contributed by atoms with Crippen molar-refractivity contribution in [3.05, 3.63) is 75.9 Å². The zero-order valence-electron chi connectivity index (χ0n) is 18.3. The average Bonchev–Trinajstić information content (AvgIpc) is 3.17. The van der Waals surface area contributed by atoms with E-state index in [-0.39, 0.29) is 34.8 Å². The number of fused-ring (bicyclic) bond motifs is 1. The molecule has 176 valence electrons. The van der Waals surface area contributed by atoms with Crippen molar-refractivity contribution in [1.29, 1.82) is 0 Å². The molecule has 0 unspecified atom stereocenters. The molecule has 9 heteroatoms. The van der Waals surface area contributed by atoms with Crippen LogP contribution in [0.25, 0.3) is 11.3 Å². The summed E-state index contributed by atoms with van der Waals surface area (Å²) in [5.41, 5.74) is 8.39. The van der Waals surface area contributed by atoms with Crippen molar-refractivity contribution in [1.82, 2.24) is 14.7 Å². The summed E-state index contributed by atoms with van der Waals surface area (Å²) in [6.07, 6.45) is 2.22. The van der Waals surface area contributed by atoms with Crippen molar-refractivity contribution in [3.63, 3.8) is 0 Å². The van der Waals surface area contributed by atoms with Gasteiger partial charge < -0.3 is 10.6 Å². The second-order valence-corrected chi connectivity index (χ2v) is 9.40. The second kappa shape index (κ2) is 8.83. The number of rotatable bonds is 5. The van der Waals surface area contributed by atoms with Gasteiger partial charge in [0.15, 0.2) is 0 Å². The maximum absolute atomic E-state index is 13.6. The van der Waals surface area contributed by atoms with Crippen LogP contribution in [0.4, 0.5) is 8.78 Å². The van der Waals surface area contributed by atoms with Gasteiger partial charge in [0.2, 0.25) is 5.91 Å². The number of hydrogen-bond donors (Lipinski definition) is 1. The Morgan fingerprint density at radius 3 is 2.50 bits per heavy atom. The number of carbonyl (C=O) groups excluding carboxylic acids is 2. The molecule has 6 nitrogen and oxygen atoms in total. The van der Waals surface area contributed by atoms with Gasteiger partial charge in [0, 0.05) is 18.5 Å². The van der Waals surface area contributed by atoms with Gasteiger partial charge in [-0.05, 0) is 60.6 Å². The van der Waals surface area contributed by atoms with Crippen LogP contribution >= 0.6 is 11.6 Å². The summed E-state index contributed by atoms with van der Waals surface area (Å²) in [6, 6.07) is 10.7. The van der Waals surface area contributed by atoms with E-state index in [2.05, 4.69) is 5.10 Å². The molecule has 2 aliphatic rings. The minimum atomic E-state index is -0.660. The van der Waals surface area contributed by atoms with Crippen molar-refractivity contribution < 1.29 is 18.4 Å². The molecule has 0 bridgehead atoms. The molecule has 0 radical (unpaired) electrons. The lowest BCUT2D eigenvalue weighted by Gasteiger charge is -2.37. The van der Waals surface area contributed by atoms with E-state index in [1.807, 2.05) is 0 Å². The Morgan fingerprint density at radius 1 is 1.09 bits per heavy atom. The summed E-state index contributed by atoms with van der Waals surface area (Å²) in [5.74, 6) is -0.816. The smallest absolute Gasteiger partial charge is 0.252 e. The SMILES string of the molecule is NC(=O)c1c(-c2ccc(F)c(Cl)c2)nn2c1CN(C(=O)CC1CC(c3ccc(F)cc3)C1)CC2. The minimum Gasteiger partial charge on any atom is -0.365 e. The molecule has 1 aliphatic heterocycles. The van der Waals surface area contributed by atoms with Crippen LogP contribution in [0, 0.1) is 17.6 Å². The molecule has 0 saturated heterocycles. The fourth-order valence-electron chi connectivity index (χ4n) is 4.92. The first-order valence-corrected chi connectivity index (χ1v) is 11.6. The van der Waals surface area contributed by atoms with E-state index in [9.17, 15) is 18.4 Å². The number of halogens is 3. The lowest BCUT2D eigenvalue weighted by Crippen LogP contribution is -2.40. The Bertz CT molecular complexity index is 1270. The number of benzene rings is 2. The Labute approximate surface area is 200 Å². The van der Waals surface area contributed by atoms with Gasteiger partial charge in [-0.3, -0.25) is 14.3 Å².